The first kappa shape index (κ1) is 28.7. The van der Waals surface area contributed by atoms with Crippen LogP contribution in [0.2, 0.25) is 0 Å². The second kappa shape index (κ2) is 11.7. The fraction of sp³-hybridized carbons (Fsp3) is 0.440. The second-order valence-electron chi connectivity index (χ2n) is 8.93. The summed E-state index contributed by atoms with van der Waals surface area (Å²) >= 11 is 0. The molecule has 0 bridgehead atoms. The molecule has 0 unspecified atom stereocenters. The Kier molecular flexibility index (Phi) is 8.82. The molecule has 0 saturated carbocycles. The average molecular weight is 538 g/mol. The highest BCUT2D eigenvalue weighted by Crippen LogP contribution is 2.35. The molecule has 3 rings (SSSR count). The molecule has 0 atom stereocenters. The number of carbonyl (C=O) groups excluding carboxylic acids is 3. The van der Waals surface area contributed by atoms with Gasteiger partial charge in [-0.3, -0.25) is 15.1 Å². The molecule has 1 saturated heterocycles. The number of nitrogens with zero attached hydrogens (tertiary/aromatic N) is 4. The van der Waals surface area contributed by atoms with Gasteiger partial charge in [0.2, 0.25) is 0 Å². The average Bonchev–Trinajstić information content (AvgIpc) is 3.02. The zero-order chi connectivity index (χ0) is 28.1. The van der Waals surface area contributed by atoms with Crippen LogP contribution in [-0.4, -0.2) is 71.0 Å². The second-order valence-corrected chi connectivity index (χ2v) is 8.93. The van der Waals surface area contributed by atoms with Crippen LogP contribution < -0.4 is 15.0 Å². The molecular weight excluding hydrogens is 507 g/mol. The van der Waals surface area contributed by atoms with Gasteiger partial charge in [-0.2, -0.15) is 0 Å². The number of carbonyl (C=O) groups is 3. The van der Waals surface area contributed by atoms with Crippen LogP contribution in [-0.2, 0) is 16.1 Å². The van der Waals surface area contributed by atoms with Crippen molar-refractivity contribution in [1.29, 1.82) is 0 Å². The van der Waals surface area contributed by atoms with Gasteiger partial charge in [0, 0.05) is 12.7 Å². The Balaban J connectivity index is 1.74. The maximum atomic E-state index is 13.3. The van der Waals surface area contributed by atoms with Gasteiger partial charge in [-0.25, -0.2) is 14.5 Å². The van der Waals surface area contributed by atoms with Gasteiger partial charge in [-0.15, -0.1) is 13.2 Å². The Morgan fingerprint density at radius 1 is 1.11 bits per heavy atom. The summed E-state index contributed by atoms with van der Waals surface area (Å²) in [5.74, 6) is -1.04. The van der Waals surface area contributed by atoms with Crippen molar-refractivity contribution in [3.8, 4) is 5.75 Å². The van der Waals surface area contributed by atoms with E-state index in [2.05, 4.69) is 19.9 Å². The van der Waals surface area contributed by atoms with Crippen LogP contribution in [0.25, 0.3) is 0 Å². The first-order chi connectivity index (χ1) is 17.9. The van der Waals surface area contributed by atoms with Crippen molar-refractivity contribution in [2.24, 2.45) is 0 Å². The van der Waals surface area contributed by atoms with E-state index in [0.717, 1.165) is 30.1 Å². The Hall–Kier alpha value is -3.87. The van der Waals surface area contributed by atoms with Crippen molar-refractivity contribution in [2.45, 2.75) is 46.1 Å². The summed E-state index contributed by atoms with van der Waals surface area (Å²) < 4.78 is 46.5. The van der Waals surface area contributed by atoms with Crippen molar-refractivity contribution >= 4 is 29.4 Å². The Labute approximate surface area is 218 Å². The molecule has 206 valence electrons. The number of pyridine rings is 1. The van der Waals surface area contributed by atoms with Crippen LogP contribution in [0.15, 0.2) is 42.7 Å². The molecule has 1 fully saturated rings. The standard InChI is InChI=1S/C25H30F3N5O5/c1-5-31(6-2)13-14-37-22(35)30-20-15-29-12-11-17(20)16-32-23(36)33(21(34)24(32,3)4)18-7-9-19(10-8-18)38-25(26,27)28/h7-12,15H,5-6,13-14,16H2,1-4H3,(H,30,35). The molecule has 0 aliphatic carbocycles. The molecule has 2 heterocycles. The number of aromatic nitrogens is 1. The Morgan fingerprint density at radius 3 is 2.37 bits per heavy atom. The minimum Gasteiger partial charge on any atom is -0.448 e. The summed E-state index contributed by atoms with van der Waals surface area (Å²) in [4.78, 5) is 47.2. The smallest absolute Gasteiger partial charge is 0.448 e. The van der Waals surface area contributed by atoms with Crippen molar-refractivity contribution in [2.75, 3.05) is 36.5 Å². The molecule has 10 nitrogen and oxygen atoms in total. The lowest BCUT2D eigenvalue weighted by Gasteiger charge is -2.28. The summed E-state index contributed by atoms with van der Waals surface area (Å²) in [5, 5.41) is 2.63. The van der Waals surface area contributed by atoms with Crippen molar-refractivity contribution in [3.05, 3.63) is 48.3 Å². The summed E-state index contributed by atoms with van der Waals surface area (Å²) in [6, 6.07) is 5.37. The van der Waals surface area contributed by atoms with Gasteiger partial charge < -0.3 is 19.3 Å². The van der Waals surface area contributed by atoms with Gasteiger partial charge in [0.25, 0.3) is 5.91 Å². The normalized spacial score (nSPS) is 15.3. The van der Waals surface area contributed by atoms with Crippen LogP contribution in [0.4, 0.5) is 34.1 Å². The third kappa shape index (κ3) is 6.71. The lowest BCUT2D eigenvalue weighted by molar-refractivity contribution is -0.274. The molecule has 38 heavy (non-hydrogen) atoms. The first-order valence-electron chi connectivity index (χ1n) is 12.0. The lowest BCUT2D eigenvalue weighted by atomic mass is 10.0. The highest BCUT2D eigenvalue weighted by molar-refractivity contribution is 6.23. The number of ether oxygens (including phenoxy) is 2. The van der Waals surface area contributed by atoms with E-state index in [-0.39, 0.29) is 18.8 Å². The lowest BCUT2D eigenvalue weighted by Crippen LogP contribution is -2.43. The fourth-order valence-electron chi connectivity index (χ4n) is 3.92. The number of rotatable bonds is 10. The quantitative estimate of drug-likeness (QED) is 0.441. The summed E-state index contributed by atoms with van der Waals surface area (Å²) in [5.41, 5.74) is -0.382. The van der Waals surface area contributed by atoms with Crippen LogP contribution in [0.5, 0.6) is 5.75 Å². The predicted molar refractivity (Wildman–Crippen MR) is 133 cm³/mol. The zero-order valence-electron chi connectivity index (χ0n) is 21.5. The van der Waals surface area contributed by atoms with E-state index in [0.29, 0.717) is 17.8 Å². The molecule has 1 aliphatic heterocycles. The third-order valence-electron chi connectivity index (χ3n) is 6.16. The zero-order valence-corrected chi connectivity index (χ0v) is 21.5. The predicted octanol–water partition coefficient (Wildman–Crippen LogP) is 4.62. The highest BCUT2D eigenvalue weighted by atomic mass is 19.4. The van der Waals surface area contributed by atoms with E-state index in [9.17, 15) is 27.6 Å². The third-order valence-corrected chi connectivity index (χ3v) is 6.16. The van der Waals surface area contributed by atoms with Crippen LogP contribution in [0.3, 0.4) is 0 Å². The molecule has 0 spiro atoms. The minimum atomic E-state index is -4.87. The largest absolute Gasteiger partial charge is 0.573 e. The topological polar surface area (TPSA) is 104 Å². The van der Waals surface area contributed by atoms with Crippen molar-refractivity contribution in [3.63, 3.8) is 0 Å². The molecule has 1 aromatic heterocycles. The van der Waals surface area contributed by atoms with Crippen LogP contribution >= 0.6 is 0 Å². The number of benzene rings is 1. The number of alkyl halides is 3. The number of hydrogen-bond donors (Lipinski definition) is 1. The molecule has 13 heteroatoms. The molecule has 4 amide bonds. The number of nitrogens with one attached hydrogen (secondary N) is 1. The summed E-state index contributed by atoms with van der Waals surface area (Å²) in [7, 11) is 0. The number of urea groups is 1. The maximum absolute atomic E-state index is 13.3. The number of amides is 4. The minimum absolute atomic E-state index is 0.0546. The molecule has 1 aromatic carbocycles. The van der Waals surface area contributed by atoms with Crippen LogP contribution in [0, 0.1) is 0 Å². The van der Waals surface area contributed by atoms with Gasteiger partial charge in [-0.05, 0) is 62.8 Å². The number of halogens is 3. The van der Waals surface area contributed by atoms with E-state index >= 15 is 0 Å². The number of anilines is 2. The van der Waals surface area contributed by atoms with Gasteiger partial charge in [0.1, 0.15) is 17.9 Å². The molecule has 1 aliphatic rings. The SMILES string of the molecule is CCN(CC)CCOC(=O)Nc1cnccc1CN1C(=O)N(c2ccc(OC(F)(F)F)cc2)C(=O)C1(C)C. The maximum Gasteiger partial charge on any atom is 0.573 e. The van der Waals surface area contributed by atoms with Crippen LogP contribution in [0.1, 0.15) is 33.3 Å². The fourth-order valence-corrected chi connectivity index (χ4v) is 3.92. The van der Waals surface area contributed by atoms with E-state index < -0.39 is 35.7 Å². The monoisotopic (exact) mass is 537 g/mol. The number of likely N-dealkylation sites (N-methyl/N-ethyl adjacent to an activating group) is 1. The van der Waals surface area contributed by atoms with Crippen molar-refractivity contribution < 1.29 is 37.0 Å². The van der Waals surface area contributed by atoms with Gasteiger partial charge in [0.05, 0.1) is 24.1 Å². The summed E-state index contributed by atoms with van der Waals surface area (Å²) in [6.07, 6.45) is -2.66. The van der Waals surface area contributed by atoms with Gasteiger partial charge in [-0.1, -0.05) is 13.8 Å². The van der Waals surface area contributed by atoms with E-state index in [4.69, 9.17) is 4.74 Å². The Morgan fingerprint density at radius 2 is 1.76 bits per heavy atom. The number of imide groups is 1. The first-order valence-corrected chi connectivity index (χ1v) is 12.0. The highest BCUT2D eigenvalue weighted by Gasteiger charge is 2.52. The molecule has 0 radical (unpaired) electrons. The summed E-state index contributed by atoms with van der Waals surface area (Å²) in [6.45, 7) is 9.51. The van der Waals surface area contributed by atoms with Gasteiger partial charge >= 0.3 is 18.5 Å². The van der Waals surface area contributed by atoms with E-state index in [1.165, 1.54) is 29.4 Å². The molecule has 1 N–H and O–H groups in total. The van der Waals surface area contributed by atoms with Crippen molar-refractivity contribution in [1.82, 2.24) is 14.8 Å². The van der Waals surface area contributed by atoms with E-state index in [1.807, 2.05) is 13.8 Å². The molecular formula is C25H30F3N5O5. The van der Waals surface area contributed by atoms with Gasteiger partial charge in [0.15, 0.2) is 0 Å². The van der Waals surface area contributed by atoms with E-state index in [1.54, 1.807) is 19.9 Å². The number of hydrogen-bond acceptors (Lipinski definition) is 7. The molecule has 2 aromatic rings. The Bertz CT molecular complexity index is 1150.